The van der Waals surface area contributed by atoms with Crippen molar-refractivity contribution in [2.75, 3.05) is 7.05 Å². The minimum atomic E-state index is -0.868. The molecule has 2 rings (SSSR count). The third-order valence-corrected chi connectivity index (χ3v) is 3.61. The van der Waals surface area contributed by atoms with Crippen LogP contribution in [0.3, 0.4) is 0 Å². The highest BCUT2D eigenvalue weighted by atomic mass is 79.9. The molecule has 5 nitrogen and oxygen atoms in total. The van der Waals surface area contributed by atoms with Crippen molar-refractivity contribution in [3.63, 3.8) is 0 Å². The molecule has 0 fully saturated rings. The van der Waals surface area contributed by atoms with E-state index < -0.39 is 12.0 Å². The fourth-order valence-corrected chi connectivity index (χ4v) is 1.93. The van der Waals surface area contributed by atoms with Crippen molar-refractivity contribution in [1.82, 2.24) is 9.88 Å². The van der Waals surface area contributed by atoms with Crippen LogP contribution < -0.4 is 0 Å². The average molecular weight is 339 g/mol. The summed E-state index contributed by atoms with van der Waals surface area (Å²) in [6.45, 7) is 1.98. The van der Waals surface area contributed by atoms with Crippen LogP contribution in [-0.4, -0.2) is 34.0 Å². The Morgan fingerprint density at radius 3 is 2.70 bits per heavy atom. The number of carboxylic acids is 1. The van der Waals surface area contributed by atoms with Crippen LogP contribution in [0.1, 0.15) is 12.8 Å². The van der Waals surface area contributed by atoms with E-state index in [1.807, 2.05) is 24.3 Å². The molecule has 0 aliphatic rings. The monoisotopic (exact) mass is 338 g/mol. The summed E-state index contributed by atoms with van der Waals surface area (Å²) in [7, 11) is 1.72. The lowest BCUT2D eigenvalue weighted by molar-refractivity contribution is -0.142. The quantitative estimate of drug-likeness (QED) is 0.907. The maximum atomic E-state index is 10.9. The second kappa shape index (κ2) is 6.19. The highest BCUT2D eigenvalue weighted by Crippen LogP contribution is 2.23. The number of carbonyl (C=O) groups is 1. The van der Waals surface area contributed by atoms with Crippen molar-refractivity contribution in [3.05, 3.63) is 40.8 Å². The molecule has 1 aromatic carbocycles. The number of aliphatic carboxylic acids is 1. The average Bonchev–Trinajstić information content (AvgIpc) is 2.87. The number of carboxylic acid groups (broad SMARTS) is 1. The number of rotatable bonds is 5. The Labute approximate surface area is 125 Å². The maximum Gasteiger partial charge on any atom is 0.320 e. The summed E-state index contributed by atoms with van der Waals surface area (Å²) in [5, 5.41) is 8.94. The van der Waals surface area contributed by atoms with Crippen LogP contribution >= 0.6 is 15.9 Å². The molecule has 1 aromatic heterocycles. The summed E-state index contributed by atoms with van der Waals surface area (Å²) in [5.41, 5.74) is 0.931. The zero-order valence-corrected chi connectivity index (χ0v) is 12.8. The van der Waals surface area contributed by atoms with Gasteiger partial charge >= 0.3 is 5.97 Å². The first-order chi connectivity index (χ1) is 9.47. The van der Waals surface area contributed by atoms with Crippen LogP contribution in [0.15, 0.2) is 39.4 Å². The molecule has 0 aliphatic heterocycles. The second-order valence-electron chi connectivity index (χ2n) is 4.55. The zero-order chi connectivity index (χ0) is 14.7. The summed E-state index contributed by atoms with van der Waals surface area (Å²) in [6, 6.07) is 7.13. The minimum Gasteiger partial charge on any atom is -0.480 e. The molecule has 1 atom stereocenters. The third-order valence-electron chi connectivity index (χ3n) is 3.09. The van der Waals surface area contributed by atoms with E-state index in [0.717, 1.165) is 10.0 Å². The van der Waals surface area contributed by atoms with Gasteiger partial charge in [-0.1, -0.05) is 28.1 Å². The Morgan fingerprint density at radius 1 is 1.45 bits per heavy atom. The molecule has 0 amide bonds. The van der Waals surface area contributed by atoms with Gasteiger partial charge in [-0.05, 0) is 26.1 Å². The molecule has 0 radical (unpaired) electrons. The summed E-state index contributed by atoms with van der Waals surface area (Å²) in [4.78, 5) is 16.7. The van der Waals surface area contributed by atoms with Crippen molar-refractivity contribution in [3.8, 4) is 11.3 Å². The van der Waals surface area contributed by atoms with E-state index in [4.69, 9.17) is 9.52 Å². The van der Waals surface area contributed by atoms with Crippen molar-refractivity contribution in [2.45, 2.75) is 19.5 Å². The van der Waals surface area contributed by atoms with Gasteiger partial charge in [-0.25, -0.2) is 4.98 Å². The van der Waals surface area contributed by atoms with E-state index in [-0.39, 0.29) is 0 Å². The molecule has 1 unspecified atom stereocenters. The van der Waals surface area contributed by atoms with Gasteiger partial charge in [-0.3, -0.25) is 9.69 Å². The summed E-state index contributed by atoms with van der Waals surface area (Å²) in [6.07, 6.45) is 1.65. The van der Waals surface area contributed by atoms with Crippen LogP contribution in [0, 0.1) is 0 Å². The number of oxazole rings is 1. The molecule has 0 saturated carbocycles. The number of likely N-dealkylation sites (N-methyl/N-ethyl adjacent to an activating group) is 1. The van der Waals surface area contributed by atoms with Crippen LogP contribution in [-0.2, 0) is 11.3 Å². The van der Waals surface area contributed by atoms with Crippen LogP contribution in [0.2, 0.25) is 0 Å². The van der Waals surface area contributed by atoms with E-state index >= 15 is 0 Å². The lowest BCUT2D eigenvalue weighted by Gasteiger charge is -2.18. The number of benzene rings is 1. The molecule has 0 aliphatic carbocycles. The van der Waals surface area contributed by atoms with Crippen molar-refractivity contribution >= 4 is 21.9 Å². The Hall–Kier alpha value is -1.66. The summed E-state index contributed by atoms with van der Waals surface area (Å²) >= 11 is 3.38. The number of nitrogens with zero attached hydrogens (tertiary/aromatic N) is 2. The minimum absolute atomic E-state index is 0.351. The van der Waals surface area contributed by atoms with Gasteiger partial charge in [-0.15, -0.1) is 0 Å². The van der Waals surface area contributed by atoms with Gasteiger partial charge in [0.15, 0.2) is 5.76 Å². The lowest BCUT2D eigenvalue weighted by atomic mass is 10.2. The fourth-order valence-electron chi connectivity index (χ4n) is 1.67. The van der Waals surface area contributed by atoms with Crippen LogP contribution in [0.4, 0.5) is 0 Å². The summed E-state index contributed by atoms with van der Waals surface area (Å²) in [5.74, 6) is 0.301. The number of hydrogen-bond acceptors (Lipinski definition) is 4. The number of halogens is 1. The Kier molecular flexibility index (Phi) is 4.57. The molecule has 106 valence electrons. The summed E-state index contributed by atoms with van der Waals surface area (Å²) < 4.78 is 6.65. The standard InChI is InChI=1S/C14H15BrN2O3/c1-9(14(18)19)17(2)8-13-16-7-12(20-13)10-3-5-11(15)6-4-10/h3-7,9H,8H2,1-2H3,(H,18,19). The van der Waals surface area contributed by atoms with E-state index in [1.165, 1.54) is 0 Å². The van der Waals surface area contributed by atoms with E-state index in [2.05, 4.69) is 20.9 Å². The highest BCUT2D eigenvalue weighted by molar-refractivity contribution is 9.10. The fraction of sp³-hybridized carbons (Fsp3) is 0.286. The topological polar surface area (TPSA) is 66.6 Å². The first kappa shape index (κ1) is 14.7. The predicted molar refractivity (Wildman–Crippen MR) is 78.2 cm³/mol. The molecule has 1 N–H and O–H groups in total. The van der Waals surface area contributed by atoms with Gasteiger partial charge in [0.25, 0.3) is 0 Å². The van der Waals surface area contributed by atoms with Gasteiger partial charge in [-0.2, -0.15) is 0 Å². The van der Waals surface area contributed by atoms with Crippen molar-refractivity contribution in [2.24, 2.45) is 0 Å². The largest absolute Gasteiger partial charge is 0.480 e. The van der Waals surface area contributed by atoms with Gasteiger partial charge in [0.1, 0.15) is 6.04 Å². The lowest BCUT2D eigenvalue weighted by Crippen LogP contribution is -2.35. The first-order valence-electron chi connectivity index (χ1n) is 6.11. The normalized spacial score (nSPS) is 12.6. The third kappa shape index (κ3) is 3.46. The van der Waals surface area contributed by atoms with Gasteiger partial charge < -0.3 is 9.52 Å². The second-order valence-corrected chi connectivity index (χ2v) is 5.47. The Balaban J connectivity index is 2.09. The molecule has 1 heterocycles. The number of hydrogen-bond donors (Lipinski definition) is 1. The van der Waals surface area contributed by atoms with Crippen molar-refractivity contribution in [1.29, 1.82) is 0 Å². The van der Waals surface area contributed by atoms with Gasteiger partial charge in [0.2, 0.25) is 5.89 Å². The maximum absolute atomic E-state index is 10.9. The molecule has 0 bridgehead atoms. The molecule has 2 aromatic rings. The molecule has 0 saturated heterocycles. The van der Waals surface area contributed by atoms with Gasteiger partial charge in [0.05, 0.1) is 12.7 Å². The Morgan fingerprint density at radius 2 is 2.10 bits per heavy atom. The zero-order valence-electron chi connectivity index (χ0n) is 11.2. The van der Waals surface area contributed by atoms with E-state index in [9.17, 15) is 4.79 Å². The Bertz CT molecular complexity index is 595. The van der Waals surface area contributed by atoms with E-state index in [1.54, 1.807) is 25.1 Å². The smallest absolute Gasteiger partial charge is 0.320 e. The molecular weight excluding hydrogens is 324 g/mol. The molecule has 6 heteroatoms. The molecule has 0 spiro atoms. The van der Waals surface area contributed by atoms with Crippen molar-refractivity contribution < 1.29 is 14.3 Å². The van der Waals surface area contributed by atoms with Crippen LogP contribution in [0.5, 0.6) is 0 Å². The number of aromatic nitrogens is 1. The molecule has 20 heavy (non-hydrogen) atoms. The van der Waals surface area contributed by atoms with E-state index in [0.29, 0.717) is 18.2 Å². The van der Waals surface area contributed by atoms with Crippen LogP contribution in [0.25, 0.3) is 11.3 Å². The predicted octanol–water partition coefficient (Wildman–Crippen LogP) is 3.01. The SMILES string of the molecule is CC(C(=O)O)N(C)Cc1ncc(-c2ccc(Br)cc2)o1. The van der Waals surface area contributed by atoms with Gasteiger partial charge in [0, 0.05) is 10.0 Å². The first-order valence-corrected chi connectivity index (χ1v) is 6.90. The highest BCUT2D eigenvalue weighted by Gasteiger charge is 2.18. The molecular formula is C14H15BrN2O3.